The molecule has 0 aliphatic carbocycles. The van der Waals surface area contributed by atoms with Crippen LogP contribution in [0.15, 0.2) is 48.5 Å². The molecular formula is C30H43N5O6. The summed E-state index contributed by atoms with van der Waals surface area (Å²) in [5.74, 6) is -2.07. The Labute approximate surface area is 242 Å². The van der Waals surface area contributed by atoms with Gasteiger partial charge in [0.15, 0.2) is 0 Å². The molecule has 0 aliphatic rings. The number of rotatable bonds is 13. The Hall–Kier alpha value is -4.41. The quantitative estimate of drug-likeness (QED) is 0.272. The zero-order valence-corrected chi connectivity index (χ0v) is 24.8. The van der Waals surface area contributed by atoms with Crippen molar-refractivity contribution < 1.29 is 29.1 Å². The van der Waals surface area contributed by atoms with Gasteiger partial charge < -0.3 is 30.9 Å². The van der Waals surface area contributed by atoms with E-state index in [1.807, 2.05) is 52.8 Å². The molecule has 0 spiro atoms. The first-order valence-electron chi connectivity index (χ1n) is 13.7. The van der Waals surface area contributed by atoms with Crippen LogP contribution in [0, 0.1) is 12.8 Å². The Balaban J connectivity index is 0.00000411. The zero-order chi connectivity index (χ0) is 30.9. The molecule has 2 aromatic rings. The van der Waals surface area contributed by atoms with E-state index in [2.05, 4.69) is 16.0 Å². The molecule has 0 saturated carbocycles. The summed E-state index contributed by atoms with van der Waals surface area (Å²) in [5.41, 5.74) is 2.64. The second kappa shape index (κ2) is 18.0. The smallest absolute Gasteiger partial charge is 0.323 e. The molecule has 0 saturated heterocycles. The summed E-state index contributed by atoms with van der Waals surface area (Å²) in [6.45, 7) is 10.8. The Kier molecular flexibility index (Phi) is 15.2. The number of anilines is 3. The topological polar surface area (TPSA) is 148 Å². The molecule has 224 valence electrons. The lowest BCUT2D eigenvalue weighted by molar-refractivity contribution is -0.142. The van der Waals surface area contributed by atoms with Gasteiger partial charge in [0.1, 0.15) is 0 Å². The highest BCUT2D eigenvalue weighted by atomic mass is 16.4. The lowest BCUT2D eigenvalue weighted by atomic mass is 10.1. The molecule has 0 radical (unpaired) electrons. The second-order valence-corrected chi connectivity index (χ2v) is 9.60. The van der Waals surface area contributed by atoms with Gasteiger partial charge in [-0.15, -0.1) is 0 Å². The van der Waals surface area contributed by atoms with Crippen LogP contribution in [0.5, 0.6) is 0 Å². The van der Waals surface area contributed by atoms with E-state index < -0.39 is 29.7 Å². The number of amides is 5. The first-order chi connectivity index (χ1) is 19.4. The van der Waals surface area contributed by atoms with Gasteiger partial charge in [-0.3, -0.25) is 19.2 Å². The molecule has 0 aliphatic heterocycles. The number of carboxylic acid groups (broad SMARTS) is 1. The maximum Gasteiger partial charge on any atom is 0.323 e. The van der Waals surface area contributed by atoms with Gasteiger partial charge in [-0.05, 0) is 55.2 Å². The SMILES string of the molecule is CC.CC(=O)N(CCC(=O)O)CC(=O)N(CCC(C)C)CC(=O)Nc1ccc(NC(=O)Nc2ccccc2C)cc1. The molecule has 0 unspecified atom stereocenters. The number of hydrogen-bond donors (Lipinski definition) is 4. The minimum atomic E-state index is -1.07. The minimum Gasteiger partial charge on any atom is -0.481 e. The largest absolute Gasteiger partial charge is 0.481 e. The van der Waals surface area contributed by atoms with Gasteiger partial charge in [-0.1, -0.05) is 45.9 Å². The van der Waals surface area contributed by atoms with Crippen LogP contribution in [0.1, 0.15) is 53.0 Å². The van der Waals surface area contributed by atoms with E-state index in [4.69, 9.17) is 5.11 Å². The Bertz CT molecular complexity index is 1170. The summed E-state index contributed by atoms with van der Waals surface area (Å²) in [7, 11) is 0. The Morgan fingerprint density at radius 3 is 1.93 bits per heavy atom. The molecule has 11 heteroatoms. The van der Waals surface area contributed by atoms with Gasteiger partial charge in [0.05, 0.1) is 19.5 Å². The van der Waals surface area contributed by atoms with Crippen molar-refractivity contribution in [3.63, 3.8) is 0 Å². The summed E-state index contributed by atoms with van der Waals surface area (Å²) in [6.07, 6.45) is 0.372. The summed E-state index contributed by atoms with van der Waals surface area (Å²) in [4.78, 5) is 63.4. The van der Waals surface area contributed by atoms with Crippen molar-refractivity contribution in [3.8, 4) is 0 Å². The molecule has 0 bridgehead atoms. The molecule has 41 heavy (non-hydrogen) atoms. The van der Waals surface area contributed by atoms with Gasteiger partial charge >= 0.3 is 12.0 Å². The normalized spacial score (nSPS) is 10.1. The number of carboxylic acids is 1. The molecule has 2 rings (SSSR count). The number of para-hydroxylation sites is 1. The van der Waals surface area contributed by atoms with Gasteiger partial charge in [0.2, 0.25) is 17.7 Å². The number of aryl methyl sites for hydroxylation is 1. The predicted molar refractivity (Wildman–Crippen MR) is 161 cm³/mol. The van der Waals surface area contributed by atoms with E-state index in [1.54, 1.807) is 30.3 Å². The third-order valence-corrected chi connectivity index (χ3v) is 5.85. The van der Waals surface area contributed by atoms with Crippen LogP contribution in [-0.2, 0) is 19.2 Å². The van der Waals surface area contributed by atoms with Crippen molar-refractivity contribution in [2.75, 3.05) is 42.1 Å². The average Bonchev–Trinajstić information content (AvgIpc) is 2.92. The van der Waals surface area contributed by atoms with Crippen molar-refractivity contribution in [2.45, 2.75) is 54.4 Å². The van der Waals surface area contributed by atoms with Crippen LogP contribution >= 0.6 is 0 Å². The molecule has 0 atom stereocenters. The fourth-order valence-corrected chi connectivity index (χ4v) is 3.56. The number of urea groups is 1. The summed E-state index contributed by atoms with van der Waals surface area (Å²) in [6, 6.07) is 13.5. The number of benzene rings is 2. The fraction of sp³-hybridized carbons (Fsp3) is 0.433. The molecule has 0 heterocycles. The number of hydrogen-bond acceptors (Lipinski definition) is 5. The van der Waals surface area contributed by atoms with Crippen molar-refractivity contribution in [3.05, 3.63) is 54.1 Å². The summed E-state index contributed by atoms with van der Waals surface area (Å²) >= 11 is 0. The van der Waals surface area contributed by atoms with Gasteiger partial charge in [-0.25, -0.2) is 4.79 Å². The molecular weight excluding hydrogens is 526 g/mol. The molecule has 0 fully saturated rings. The highest BCUT2D eigenvalue weighted by Gasteiger charge is 2.22. The van der Waals surface area contributed by atoms with Gasteiger partial charge in [-0.2, -0.15) is 0 Å². The van der Waals surface area contributed by atoms with Gasteiger partial charge in [0, 0.05) is 37.1 Å². The first-order valence-corrected chi connectivity index (χ1v) is 13.7. The molecule has 2 aromatic carbocycles. The van der Waals surface area contributed by atoms with Crippen LogP contribution in [0.25, 0.3) is 0 Å². The van der Waals surface area contributed by atoms with Crippen LogP contribution in [0.4, 0.5) is 21.9 Å². The number of aliphatic carboxylic acids is 1. The summed E-state index contributed by atoms with van der Waals surface area (Å²) in [5, 5.41) is 17.2. The standard InChI is InChI=1S/C28H37N5O6.C2H6/c1-19(2)13-15-33(26(36)18-32(21(4)34)16-14-27(37)38)17-25(35)29-22-9-11-23(12-10-22)30-28(39)31-24-8-6-5-7-20(24)3;1-2/h5-12,19H,13-18H2,1-4H3,(H,29,35)(H,37,38)(H2,30,31,39);1-2H3. The van der Waals surface area contributed by atoms with Crippen LogP contribution in [-0.4, -0.2) is 70.8 Å². The lowest BCUT2D eigenvalue weighted by Gasteiger charge is -2.27. The highest BCUT2D eigenvalue weighted by Crippen LogP contribution is 2.16. The monoisotopic (exact) mass is 569 g/mol. The van der Waals surface area contributed by atoms with Crippen LogP contribution in [0.3, 0.4) is 0 Å². The van der Waals surface area contributed by atoms with E-state index in [0.29, 0.717) is 30.0 Å². The van der Waals surface area contributed by atoms with Gasteiger partial charge in [0.25, 0.3) is 0 Å². The number of carbonyl (C=O) groups is 5. The predicted octanol–water partition coefficient (Wildman–Crippen LogP) is 4.80. The molecule has 5 amide bonds. The maximum atomic E-state index is 13.0. The van der Waals surface area contributed by atoms with E-state index in [1.165, 1.54) is 11.8 Å². The third-order valence-electron chi connectivity index (χ3n) is 5.85. The summed E-state index contributed by atoms with van der Waals surface area (Å²) < 4.78 is 0. The van der Waals surface area contributed by atoms with Crippen molar-refractivity contribution >= 4 is 46.8 Å². The fourth-order valence-electron chi connectivity index (χ4n) is 3.56. The Morgan fingerprint density at radius 2 is 1.39 bits per heavy atom. The highest BCUT2D eigenvalue weighted by molar-refractivity contribution is 6.00. The molecule has 4 N–H and O–H groups in total. The maximum absolute atomic E-state index is 13.0. The van der Waals surface area contributed by atoms with E-state index in [-0.39, 0.29) is 32.0 Å². The number of carbonyl (C=O) groups excluding carboxylic acids is 4. The number of nitrogens with one attached hydrogen (secondary N) is 3. The lowest BCUT2D eigenvalue weighted by Crippen LogP contribution is -2.46. The minimum absolute atomic E-state index is 0.0933. The Morgan fingerprint density at radius 1 is 0.805 bits per heavy atom. The zero-order valence-electron chi connectivity index (χ0n) is 24.8. The number of nitrogens with zero attached hydrogens (tertiary/aromatic N) is 2. The third kappa shape index (κ3) is 13.5. The van der Waals surface area contributed by atoms with E-state index >= 15 is 0 Å². The average molecular weight is 570 g/mol. The van der Waals surface area contributed by atoms with Crippen molar-refractivity contribution in [1.29, 1.82) is 0 Å². The van der Waals surface area contributed by atoms with Crippen LogP contribution < -0.4 is 16.0 Å². The van der Waals surface area contributed by atoms with Crippen molar-refractivity contribution in [2.24, 2.45) is 5.92 Å². The van der Waals surface area contributed by atoms with E-state index in [9.17, 15) is 24.0 Å². The van der Waals surface area contributed by atoms with E-state index in [0.717, 1.165) is 10.5 Å². The first kappa shape index (κ1) is 34.6. The van der Waals surface area contributed by atoms with Crippen LogP contribution in [0.2, 0.25) is 0 Å². The second-order valence-electron chi connectivity index (χ2n) is 9.60. The van der Waals surface area contributed by atoms with Crippen molar-refractivity contribution in [1.82, 2.24) is 9.80 Å². The molecule has 11 nitrogen and oxygen atoms in total. The molecule has 0 aromatic heterocycles.